The number of alkyl halides is 3. The van der Waals surface area contributed by atoms with E-state index in [0.717, 1.165) is 0 Å². The fourth-order valence-electron chi connectivity index (χ4n) is 2.33. The Bertz CT molecular complexity index is 792. The predicted octanol–water partition coefficient (Wildman–Crippen LogP) is 4.09. The molecular formula is C13H10Cl3F2N5S. The molecule has 0 saturated carbocycles. The standard InChI is InChI=1S/C13H10Cl3F2N5S/c14-7-1-2-9(8(15)5-7)19-12(24)22-3-4-23-10(6-22)20-21-11(23)13(16,17)18/h1-2,5H,3-4,6H2,(H,19,24). The summed E-state index contributed by atoms with van der Waals surface area (Å²) in [6.45, 7) is 0.884. The molecule has 2 aromatic rings. The van der Waals surface area contributed by atoms with Crippen molar-refractivity contribution in [2.45, 2.75) is 18.5 Å². The molecule has 0 atom stereocenters. The van der Waals surface area contributed by atoms with Gasteiger partial charge in [-0.3, -0.25) is 0 Å². The molecule has 11 heteroatoms. The van der Waals surface area contributed by atoms with Crippen LogP contribution in [-0.4, -0.2) is 31.3 Å². The van der Waals surface area contributed by atoms with Crippen molar-refractivity contribution in [1.82, 2.24) is 19.7 Å². The molecule has 0 saturated heterocycles. The van der Waals surface area contributed by atoms with Crippen LogP contribution in [0, 0.1) is 0 Å². The zero-order valence-electron chi connectivity index (χ0n) is 11.9. The number of nitrogens with zero attached hydrogens (tertiary/aromatic N) is 4. The Labute approximate surface area is 156 Å². The number of halogens is 5. The van der Waals surface area contributed by atoms with Gasteiger partial charge in [-0.2, -0.15) is 8.78 Å². The summed E-state index contributed by atoms with van der Waals surface area (Å²) in [7, 11) is 0. The lowest BCUT2D eigenvalue weighted by Crippen LogP contribution is -2.41. The molecule has 5 nitrogen and oxygen atoms in total. The van der Waals surface area contributed by atoms with Gasteiger partial charge in [0.1, 0.15) is 0 Å². The van der Waals surface area contributed by atoms with E-state index in [1.807, 2.05) is 0 Å². The number of anilines is 1. The van der Waals surface area contributed by atoms with Crippen molar-refractivity contribution in [3.8, 4) is 0 Å². The Morgan fingerprint density at radius 2 is 2.00 bits per heavy atom. The zero-order chi connectivity index (χ0) is 17.5. The molecule has 1 aliphatic rings. The van der Waals surface area contributed by atoms with Gasteiger partial charge in [-0.25, -0.2) is 0 Å². The molecule has 0 bridgehead atoms. The molecule has 1 aromatic heterocycles. The van der Waals surface area contributed by atoms with Crippen LogP contribution < -0.4 is 5.32 Å². The average molecular weight is 413 g/mol. The van der Waals surface area contributed by atoms with Crippen molar-refractivity contribution >= 4 is 57.8 Å². The van der Waals surface area contributed by atoms with Crippen molar-refractivity contribution in [2.24, 2.45) is 0 Å². The number of fused-ring (bicyclic) bond motifs is 1. The summed E-state index contributed by atoms with van der Waals surface area (Å²) < 4.78 is 27.8. The molecule has 1 N–H and O–H groups in total. The maximum Gasteiger partial charge on any atom is 0.381 e. The molecule has 128 valence electrons. The minimum Gasteiger partial charge on any atom is -0.340 e. The van der Waals surface area contributed by atoms with E-state index < -0.39 is 11.2 Å². The Morgan fingerprint density at radius 1 is 1.25 bits per heavy atom. The Morgan fingerprint density at radius 3 is 2.67 bits per heavy atom. The molecule has 1 aromatic carbocycles. The van der Waals surface area contributed by atoms with Crippen LogP contribution in [0.25, 0.3) is 0 Å². The smallest absolute Gasteiger partial charge is 0.340 e. The average Bonchev–Trinajstić information content (AvgIpc) is 2.93. The van der Waals surface area contributed by atoms with Crippen LogP contribution in [-0.2, 0) is 18.5 Å². The highest BCUT2D eigenvalue weighted by Gasteiger charge is 2.37. The first-order valence-corrected chi connectivity index (χ1v) is 8.30. The van der Waals surface area contributed by atoms with Crippen LogP contribution in [0.3, 0.4) is 0 Å². The number of benzene rings is 1. The second kappa shape index (κ2) is 6.59. The van der Waals surface area contributed by atoms with Crippen LogP contribution in [0.5, 0.6) is 0 Å². The molecule has 3 rings (SSSR count). The first-order chi connectivity index (χ1) is 11.3. The van der Waals surface area contributed by atoms with Crippen molar-refractivity contribution in [3.05, 3.63) is 39.9 Å². The lowest BCUT2D eigenvalue weighted by Gasteiger charge is -2.30. The summed E-state index contributed by atoms with van der Waals surface area (Å²) in [5, 5.41) is 8.03. The van der Waals surface area contributed by atoms with Crippen LogP contribution in [0.4, 0.5) is 14.5 Å². The highest BCUT2D eigenvalue weighted by molar-refractivity contribution is 7.80. The van der Waals surface area contributed by atoms with Crippen LogP contribution in [0.2, 0.25) is 10.0 Å². The molecule has 1 aliphatic heterocycles. The molecular weight excluding hydrogens is 403 g/mol. The van der Waals surface area contributed by atoms with E-state index >= 15 is 0 Å². The molecule has 0 aliphatic carbocycles. The summed E-state index contributed by atoms with van der Waals surface area (Å²) in [5.41, 5.74) is 0.603. The van der Waals surface area contributed by atoms with Gasteiger partial charge < -0.3 is 14.8 Å². The second-order valence-electron chi connectivity index (χ2n) is 5.07. The van der Waals surface area contributed by atoms with Crippen LogP contribution in [0.15, 0.2) is 18.2 Å². The Balaban J connectivity index is 1.73. The second-order valence-corrected chi connectivity index (χ2v) is 6.77. The third kappa shape index (κ3) is 3.56. The SMILES string of the molecule is FC(F)(Cl)c1nnc2n1CCN(C(=S)Nc1ccc(Cl)cc1Cl)C2. The Kier molecular flexibility index (Phi) is 4.83. The van der Waals surface area contributed by atoms with Gasteiger partial charge in [0.2, 0.25) is 5.82 Å². The van der Waals surface area contributed by atoms with Crippen molar-refractivity contribution in [3.63, 3.8) is 0 Å². The van der Waals surface area contributed by atoms with Gasteiger partial charge in [-0.1, -0.05) is 23.2 Å². The van der Waals surface area contributed by atoms with E-state index in [2.05, 4.69) is 15.5 Å². The fraction of sp³-hybridized carbons (Fsp3) is 0.308. The van der Waals surface area contributed by atoms with Gasteiger partial charge in [0.05, 0.1) is 17.3 Å². The summed E-state index contributed by atoms with van der Waals surface area (Å²) in [5.74, 6) is -0.193. The third-order valence-corrected chi connectivity index (χ3v) is 4.54. The summed E-state index contributed by atoms with van der Waals surface area (Å²) in [6, 6.07) is 4.98. The van der Waals surface area contributed by atoms with Gasteiger partial charge in [-0.15, -0.1) is 10.2 Å². The van der Waals surface area contributed by atoms with E-state index in [4.69, 9.17) is 47.0 Å². The van der Waals surface area contributed by atoms with Crippen molar-refractivity contribution in [1.29, 1.82) is 0 Å². The van der Waals surface area contributed by atoms with E-state index in [1.165, 1.54) is 4.57 Å². The fourth-order valence-corrected chi connectivity index (χ4v) is 3.19. The molecule has 24 heavy (non-hydrogen) atoms. The summed E-state index contributed by atoms with van der Waals surface area (Å²) in [6.07, 6.45) is 0. The molecule has 0 amide bonds. The number of aromatic nitrogens is 3. The number of nitrogens with one attached hydrogen (secondary N) is 1. The lowest BCUT2D eigenvalue weighted by atomic mass is 10.3. The first-order valence-electron chi connectivity index (χ1n) is 6.76. The number of hydrogen-bond acceptors (Lipinski definition) is 3. The minimum atomic E-state index is -3.55. The predicted molar refractivity (Wildman–Crippen MR) is 92.9 cm³/mol. The maximum atomic E-state index is 13.3. The van der Waals surface area contributed by atoms with E-state index in [0.29, 0.717) is 33.2 Å². The maximum absolute atomic E-state index is 13.3. The monoisotopic (exact) mass is 411 g/mol. The summed E-state index contributed by atoms with van der Waals surface area (Å²) >= 11 is 22.3. The number of thiocarbonyl (C=S) groups is 1. The van der Waals surface area contributed by atoms with E-state index in [-0.39, 0.29) is 13.1 Å². The van der Waals surface area contributed by atoms with E-state index in [9.17, 15) is 8.78 Å². The van der Waals surface area contributed by atoms with E-state index in [1.54, 1.807) is 23.1 Å². The molecule has 0 unspecified atom stereocenters. The Hall–Kier alpha value is -1.22. The topological polar surface area (TPSA) is 46.0 Å². The summed E-state index contributed by atoms with van der Waals surface area (Å²) in [4.78, 5) is 1.78. The molecule has 0 radical (unpaired) electrons. The molecule has 0 fully saturated rings. The van der Waals surface area contributed by atoms with Gasteiger partial charge in [0.25, 0.3) is 0 Å². The van der Waals surface area contributed by atoms with Gasteiger partial charge in [-0.05, 0) is 42.0 Å². The quantitative estimate of drug-likeness (QED) is 0.595. The third-order valence-electron chi connectivity index (χ3n) is 3.47. The van der Waals surface area contributed by atoms with Gasteiger partial charge in [0, 0.05) is 18.1 Å². The van der Waals surface area contributed by atoms with Crippen molar-refractivity contribution < 1.29 is 8.78 Å². The minimum absolute atomic E-state index is 0.233. The largest absolute Gasteiger partial charge is 0.381 e. The van der Waals surface area contributed by atoms with Crippen LogP contribution >= 0.6 is 47.0 Å². The molecule has 2 heterocycles. The van der Waals surface area contributed by atoms with Crippen molar-refractivity contribution in [2.75, 3.05) is 11.9 Å². The highest BCUT2D eigenvalue weighted by atomic mass is 35.5. The van der Waals surface area contributed by atoms with Gasteiger partial charge in [0.15, 0.2) is 10.9 Å². The van der Waals surface area contributed by atoms with Gasteiger partial charge >= 0.3 is 5.38 Å². The van der Waals surface area contributed by atoms with Crippen LogP contribution in [0.1, 0.15) is 11.6 Å². The first kappa shape index (κ1) is 17.6. The number of rotatable bonds is 2. The number of hydrogen-bond donors (Lipinski definition) is 1. The highest BCUT2D eigenvalue weighted by Crippen LogP contribution is 2.32. The molecule has 0 spiro atoms. The zero-order valence-corrected chi connectivity index (χ0v) is 15.0. The lowest BCUT2D eigenvalue weighted by molar-refractivity contribution is 0.0778. The normalized spacial score (nSPS) is 14.5.